The molecule has 10 heteroatoms. The largest absolute Gasteiger partial charge is 0.493 e. The number of methoxy groups -OCH3 is 1. The summed E-state index contributed by atoms with van der Waals surface area (Å²) in [5.74, 6) is -0.481. The van der Waals surface area contributed by atoms with E-state index in [-0.39, 0.29) is 21.3 Å². The van der Waals surface area contributed by atoms with Crippen molar-refractivity contribution in [3.63, 3.8) is 0 Å². The van der Waals surface area contributed by atoms with E-state index in [0.29, 0.717) is 13.0 Å². The van der Waals surface area contributed by atoms with Gasteiger partial charge in [0.25, 0.3) is 10.0 Å². The quantitative estimate of drug-likeness (QED) is 0.830. The molecule has 23 heavy (non-hydrogen) atoms. The van der Waals surface area contributed by atoms with Gasteiger partial charge < -0.3 is 9.47 Å². The molecule has 1 aromatic heterocycles. The molecule has 0 unspecified atom stereocenters. The Kier molecular flexibility index (Phi) is 4.21. The fourth-order valence-corrected chi connectivity index (χ4v) is 4.24. The van der Waals surface area contributed by atoms with Crippen molar-refractivity contribution in [2.75, 3.05) is 25.1 Å². The maximum absolute atomic E-state index is 14.4. The number of hydrogen-bond acceptors (Lipinski definition) is 7. The number of rotatable bonds is 4. The second-order valence-electron chi connectivity index (χ2n) is 4.87. The maximum atomic E-state index is 14.4. The number of hydrogen-bond donors (Lipinski definition) is 0. The molecule has 2 heterocycles. The molecule has 0 bridgehead atoms. The fraction of sp³-hybridized carbons (Fsp3) is 0.385. The molecule has 0 N–H and O–H groups in total. The summed E-state index contributed by atoms with van der Waals surface area (Å²) >= 11 is 0.930. The predicted octanol–water partition coefficient (Wildman–Crippen LogP) is 1.97. The van der Waals surface area contributed by atoms with Crippen LogP contribution in [0.5, 0.6) is 5.75 Å². The molecular weight excluding hydrogens is 345 g/mol. The maximum Gasteiger partial charge on any atom is 0.266 e. The minimum Gasteiger partial charge on any atom is -0.493 e. The molecule has 0 fully saturated rings. The van der Waals surface area contributed by atoms with Gasteiger partial charge in [0, 0.05) is 38.2 Å². The highest BCUT2D eigenvalue weighted by molar-refractivity contribution is 7.93. The number of nitrogens with zero attached hydrogens (tertiary/aromatic N) is 3. The minimum atomic E-state index is -3.96. The van der Waals surface area contributed by atoms with Crippen LogP contribution in [0.25, 0.3) is 0 Å². The molecule has 1 aromatic carbocycles. The zero-order chi connectivity index (χ0) is 16.6. The molecule has 0 saturated carbocycles. The summed E-state index contributed by atoms with van der Waals surface area (Å²) in [4.78, 5) is 3.65. The smallest absolute Gasteiger partial charge is 0.266 e. The molecular formula is C13H14FN3O4S2. The third-order valence-corrected chi connectivity index (χ3v) is 6.17. The van der Waals surface area contributed by atoms with Crippen LogP contribution in [0, 0.1) is 5.82 Å². The van der Waals surface area contributed by atoms with Gasteiger partial charge in [0.2, 0.25) is 5.13 Å². The molecule has 0 aliphatic carbocycles. The monoisotopic (exact) mass is 359 g/mol. The Bertz CT molecular complexity index is 811. The third kappa shape index (κ3) is 2.77. The average molecular weight is 359 g/mol. The van der Waals surface area contributed by atoms with Crippen LogP contribution in [0.15, 0.2) is 23.4 Å². The summed E-state index contributed by atoms with van der Waals surface area (Å²) in [6.07, 6.45) is 1.32. The Labute approximate surface area is 136 Å². The van der Waals surface area contributed by atoms with Gasteiger partial charge in [0.15, 0.2) is 0 Å². The number of sulfonamides is 1. The van der Waals surface area contributed by atoms with Gasteiger partial charge in [-0.05, 0) is 6.07 Å². The molecule has 124 valence electrons. The number of ether oxygens (including phenoxy) is 2. The van der Waals surface area contributed by atoms with Gasteiger partial charge in [0.1, 0.15) is 17.9 Å². The molecule has 3 rings (SSSR count). The van der Waals surface area contributed by atoms with Crippen molar-refractivity contribution in [2.45, 2.75) is 17.4 Å². The summed E-state index contributed by atoms with van der Waals surface area (Å²) in [6.45, 7) is 0.334. The summed E-state index contributed by atoms with van der Waals surface area (Å²) in [5.41, 5.74) is 0.247. The van der Waals surface area contributed by atoms with Gasteiger partial charge >= 0.3 is 0 Å². The van der Waals surface area contributed by atoms with Crippen LogP contribution in [0.4, 0.5) is 9.52 Å². The topological polar surface area (TPSA) is 81.6 Å². The Morgan fingerprint density at radius 2 is 2.26 bits per heavy atom. The SMILES string of the molecule is CO[C@@H]1CCOc2cc(S(=O)(=O)N(C)c3ncns3)cc(F)c21. The van der Waals surface area contributed by atoms with E-state index in [1.807, 2.05) is 0 Å². The third-order valence-electron chi connectivity index (χ3n) is 3.59. The summed E-state index contributed by atoms with van der Waals surface area (Å²) < 4.78 is 55.1. The molecule has 2 aromatic rings. The Morgan fingerprint density at radius 1 is 1.48 bits per heavy atom. The van der Waals surface area contributed by atoms with E-state index < -0.39 is 21.9 Å². The highest BCUT2D eigenvalue weighted by Crippen LogP contribution is 2.38. The van der Waals surface area contributed by atoms with Crippen LogP contribution >= 0.6 is 11.5 Å². The summed E-state index contributed by atoms with van der Waals surface area (Å²) in [5, 5.41) is 0.193. The first kappa shape index (κ1) is 16.1. The molecule has 0 radical (unpaired) electrons. The molecule has 1 aliphatic rings. The zero-order valence-electron chi connectivity index (χ0n) is 12.4. The molecule has 0 spiro atoms. The van der Waals surface area contributed by atoms with Crippen LogP contribution in [-0.4, -0.2) is 38.5 Å². The van der Waals surface area contributed by atoms with Gasteiger partial charge in [-0.15, -0.1) is 0 Å². The van der Waals surface area contributed by atoms with Crippen molar-refractivity contribution >= 4 is 26.7 Å². The van der Waals surface area contributed by atoms with Crippen LogP contribution in [0.3, 0.4) is 0 Å². The number of anilines is 1. The van der Waals surface area contributed by atoms with Crippen LogP contribution < -0.4 is 9.04 Å². The molecule has 1 atom stereocenters. The Morgan fingerprint density at radius 3 is 2.91 bits per heavy atom. The predicted molar refractivity (Wildman–Crippen MR) is 81.8 cm³/mol. The lowest BCUT2D eigenvalue weighted by molar-refractivity contribution is 0.0600. The van der Waals surface area contributed by atoms with E-state index in [1.54, 1.807) is 0 Å². The van der Waals surface area contributed by atoms with Crippen LogP contribution in [0.1, 0.15) is 18.1 Å². The average Bonchev–Trinajstić information content (AvgIpc) is 3.07. The molecule has 7 nitrogen and oxygen atoms in total. The Balaban J connectivity index is 2.06. The summed E-state index contributed by atoms with van der Waals surface area (Å²) in [7, 11) is -1.14. The highest BCUT2D eigenvalue weighted by atomic mass is 32.2. The molecule has 0 amide bonds. The van der Waals surface area contributed by atoms with Gasteiger partial charge in [-0.3, -0.25) is 0 Å². The van der Waals surface area contributed by atoms with Crippen molar-refractivity contribution in [1.29, 1.82) is 0 Å². The highest BCUT2D eigenvalue weighted by Gasteiger charge is 2.30. The fourth-order valence-electron chi connectivity index (χ4n) is 2.37. The minimum absolute atomic E-state index is 0.187. The van der Waals surface area contributed by atoms with E-state index in [4.69, 9.17) is 9.47 Å². The number of fused-ring (bicyclic) bond motifs is 1. The lowest BCUT2D eigenvalue weighted by Crippen LogP contribution is -2.27. The van der Waals surface area contributed by atoms with Gasteiger partial charge in [0.05, 0.1) is 23.2 Å². The lowest BCUT2D eigenvalue weighted by Gasteiger charge is -2.26. The van der Waals surface area contributed by atoms with Crippen molar-refractivity contribution in [3.05, 3.63) is 29.8 Å². The lowest BCUT2D eigenvalue weighted by atomic mass is 10.0. The van der Waals surface area contributed by atoms with Crippen molar-refractivity contribution < 1.29 is 22.3 Å². The van der Waals surface area contributed by atoms with Crippen molar-refractivity contribution in [2.24, 2.45) is 0 Å². The Hall–Kier alpha value is -1.78. The first-order valence-electron chi connectivity index (χ1n) is 6.69. The first-order valence-corrected chi connectivity index (χ1v) is 8.91. The molecule has 1 aliphatic heterocycles. The number of benzene rings is 1. The van der Waals surface area contributed by atoms with Gasteiger partial charge in [-0.2, -0.15) is 4.37 Å². The second-order valence-corrected chi connectivity index (χ2v) is 7.60. The van der Waals surface area contributed by atoms with E-state index in [9.17, 15) is 12.8 Å². The van der Waals surface area contributed by atoms with Crippen molar-refractivity contribution in [1.82, 2.24) is 9.36 Å². The van der Waals surface area contributed by atoms with E-state index >= 15 is 0 Å². The number of halogens is 1. The standard InChI is InChI=1S/C13H14FN3O4S2/c1-17(13-15-7-16-22-13)23(18,19)8-5-9(14)12-10(20-2)3-4-21-11(12)6-8/h5-7,10H,3-4H2,1-2H3/t10-/m1/s1. The van der Waals surface area contributed by atoms with Gasteiger partial charge in [-0.25, -0.2) is 22.1 Å². The summed E-state index contributed by atoms with van der Waals surface area (Å²) in [6, 6.07) is 2.29. The van der Waals surface area contributed by atoms with E-state index in [1.165, 1.54) is 26.6 Å². The van der Waals surface area contributed by atoms with E-state index in [2.05, 4.69) is 9.36 Å². The molecule has 0 saturated heterocycles. The zero-order valence-corrected chi connectivity index (χ0v) is 14.0. The first-order chi connectivity index (χ1) is 10.9. The van der Waals surface area contributed by atoms with Crippen LogP contribution in [-0.2, 0) is 14.8 Å². The van der Waals surface area contributed by atoms with E-state index in [0.717, 1.165) is 21.9 Å². The van der Waals surface area contributed by atoms with Crippen LogP contribution in [0.2, 0.25) is 0 Å². The second kappa shape index (κ2) is 6.02. The number of aromatic nitrogens is 2. The van der Waals surface area contributed by atoms with Gasteiger partial charge in [-0.1, -0.05) is 0 Å². The van der Waals surface area contributed by atoms with Crippen molar-refractivity contribution in [3.8, 4) is 5.75 Å². The normalized spacial score (nSPS) is 17.4.